The van der Waals surface area contributed by atoms with Crippen LogP contribution in [-0.4, -0.2) is 37.3 Å². The van der Waals surface area contributed by atoms with Crippen molar-refractivity contribution in [3.8, 4) is 0 Å². The minimum atomic E-state index is 0.375. The molecule has 26 heavy (non-hydrogen) atoms. The molecule has 0 aliphatic carbocycles. The van der Waals surface area contributed by atoms with Crippen LogP contribution in [-0.2, 0) is 6.54 Å². The van der Waals surface area contributed by atoms with E-state index in [4.69, 9.17) is 4.52 Å². The number of benzene rings is 1. The molecule has 1 aliphatic heterocycles. The Labute approximate surface area is 155 Å². The standard InChI is InChI=1S/C20H29N5O/c1-15(2)19-13-18(26-24-19)14-22-20(21-3)23-16-9-11-25(12-10-16)17-7-5-4-6-8-17/h4-8,13,15-16H,9-12,14H2,1-3H3,(H2,21,22,23). The number of aromatic nitrogens is 1. The minimum Gasteiger partial charge on any atom is -0.371 e. The molecule has 0 spiro atoms. The first-order valence-corrected chi connectivity index (χ1v) is 9.38. The topological polar surface area (TPSA) is 65.7 Å². The molecule has 0 radical (unpaired) electrons. The highest BCUT2D eigenvalue weighted by atomic mass is 16.5. The van der Waals surface area contributed by atoms with E-state index >= 15 is 0 Å². The number of rotatable bonds is 5. The third-order valence-electron chi connectivity index (χ3n) is 4.78. The Bertz CT molecular complexity index is 702. The van der Waals surface area contributed by atoms with Crippen molar-refractivity contribution >= 4 is 11.6 Å². The van der Waals surface area contributed by atoms with Gasteiger partial charge in [-0.2, -0.15) is 0 Å². The number of para-hydroxylation sites is 1. The van der Waals surface area contributed by atoms with Crippen LogP contribution in [0.25, 0.3) is 0 Å². The average molecular weight is 355 g/mol. The first-order valence-electron chi connectivity index (χ1n) is 9.38. The second kappa shape index (κ2) is 8.74. The van der Waals surface area contributed by atoms with Gasteiger partial charge in [0.05, 0.1) is 12.2 Å². The van der Waals surface area contributed by atoms with Crippen LogP contribution in [0.3, 0.4) is 0 Å². The number of nitrogens with zero attached hydrogens (tertiary/aromatic N) is 3. The molecule has 2 heterocycles. The molecule has 6 heteroatoms. The van der Waals surface area contributed by atoms with E-state index in [1.54, 1.807) is 7.05 Å². The zero-order valence-corrected chi connectivity index (χ0v) is 15.9. The van der Waals surface area contributed by atoms with E-state index in [2.05, 4.69) is 69.9 Å². The number of nitrogens with one attached hydrogen (secondary N) is 2. The van der Waals surface area contributed by atoms with Crippen molar-refractivity contribution in [1.82, 2.24) is 15.8 Å². The van der Waals surface area contributed by atoms with E-state index in [1.807, 2.05) is 6.07 Å². The lowest BCUT2D eigenvalue weighted by Gasteiger charge is -2.34. The third-order valence-corrected chi connectivity index (χ3v) is 4.78. The number of piperidine rings is 1. The van der Waals surface area contributed by atoms with Crippen LogP contribution in [0.15, 0.2) is 45.9 Å². The lowest BCUT2D eigenvalue weighted by molar-refractivity contribution is 0.371. The highest BCUT2D eigenvalue weighted by Crippen LogP contribution is 2.19. The van der Waals surface area contributed by atoms with Crippen molar-refractivity contribution in [3.63, 3.8) is 0 Å². The molecule has 1 aromatic heterocycles. The Morgan fingerprint density at radius 3 is 2.62 bits per heavy atom. The van der Waals surface area contributed by atoms with Gasteiger partial charge < -0.3 is 20.1 Å². The maximum atomic E-state index is 5.37. The van der Waals surface area contributed by atoms with E-state index < -0.39 is 0 Å². The van der Waals surface area contributed by atoms with Crippen molar-refractivity contribution in [2.45, 2.75) is 45.2 Å². The molecule has 2 N–H and O–H groups in total. The zero-order chi connectivity index (χ0) is 18.4. The third kappa shape index (κ3) is 4.77. The number of hydrogen-bond donors (Lipinski definition) is 2. The van der Waals surface area contributed by atoms with Crippen molar-refractivity contribution < 1.29 is 4.52 Å². The Morgan fingerprint density at radius 2 is 2.00 bits per heavy atom. The highest BCUT2D eigenvalue weighted by molar-refractivity contribution is 5.79. The molecule has 0 amide bonds. The van der Waals surface area contributed by atoms with E-state index in [0.717, 1.165) is 43.3 Å². The van der Waals surface area contributed by atoms with Gasteiger partial charge in [-0.05, 0) is 30.9 Å². The van der Waals surface area contributed by atoms with Gasteiger partial charge in [0, 0.05) is 37.9 Å². The first kappa shape index (κ1) is 18.3. The van der Waals surface area contributed by atoms with Gasteiger partial charge in [-0.25, -0.2) is 0 Å². The number of aliphatic imine (C=N–C) groups is 1. The zero-order valence-electron chi connectivity index (χ0n) is 15.9. The summed E-state index contributed by atoms with van der Waals surface area (Å²) in [5.74, 6) is 2.01. The monoisotopic (exact) mass is 355 g/mol. The summed E-state index contributed by atoms with van der Waals surface area (Å²) in [5.41, 5.74) is 2.29. The Balaban J connectivity index is 1.45. The molecule has 1 aromatic carbocycles. The summed E-state index contributed by atoms with van der Waals surface area (Å²) in [5, 5.41) is 10.9. The van der Waals surface area contributed by atoms with Crippen molar-refractivity contribution in [2.75, 3.05) is 25.0 Å². The van der Waals surface area contributed by atoms with Gasteiger partial charge in [0.1, 0.15) is 0 Å². The summed E-state index contributed by atoms with van der Waals surface area (Å²) in [6.45, 7) is 6.91. The highest BCUT2D eigenvalue weighted by Gasteiger charge is 2.20. The van der Waals surface area contributed by atoms with E-state index in [-0.39, 0.29) is 0 Å². The van der Waals surface area contributed by atoms with Crippen LogP contribution in [0.4, 0.5) is 5.69 Å². The van der Waals surface area contributed by atoms with Gasteiger partial charge in [0.2, 0.25) is 0 Å². The van der Waals surface area contributed by atoms with Crippen LogP contribution in [0.5, 0.6) is 0 Å². The Kier molecular flexibility index (Phi) is 6.15. The van der Waals surface area contributed by atoms with Crippen LogP contribution >= 0.6 is 0 Å². The van der Waals surface area contributed by atoms with Crippen molar-refractivity contribution in [1.29, 1.82) is 0 Å². The molecular formula is C20H29N5O. The van der Waals surface area contributed by atoms with Crippen LogP contribution in [0, 0.1) is 0 Å². The Hall–Kier alpha value is -2.50. The molecule has 0 saturated carbocycles. The maximum Gasteiger partial charge on any atom is 0.191 e. The molecule has 3 rings (SSSR count). The lowest BCUT2D eigenvalue weighted by Crippen LogP contribution is -2.48. The average Bonchev–Trinajstić information content (AvgIpc) is 3.16. The van der Waals surface area contributed by atoms with Gasteiger partial charge in [0.15, 0.2) is 11.7 Å². The largest absolute Gasteiger partial charge is 0.371 e. The van der Waals surface area contributed by atoms with Gasteiger partial charge in [-0.1, -0.05) is 37.2 Å². The van der Waals surface area contributed by atoms with E-state index in [0.29, 0.717) is 18.5 Å². The van der Waals surface area contributed by atoms with Crippen LogP contribution < -0.4 is 15.5 Å². The molecule has 0 unspecified atom stereocenters. The number of guanidine groups is 1. The van der Waals surface area contributed by atoms with E-state index in [9.17, 15) is 0 Å². The quantitative estimate of drug-likeness (QED) is 0.637. The normalized spacial score (nSPS) is 16.2. The summed E-state index contributed by atoms with van der Waals surface area (Å²) in [4.78, 5) is 6.78. The summed E-state index contributed by atoms with van der Waals surface area (Å²) in [6, 6.07) is 13.0. The number of hydrogen-bond acceptors (Lipinski definition) is 4. The fourth-order valence-electron chi connectivity index (χ4n) is 3.16. The molecular weight excluding hydrogens is 326 g/mol. The van der Waals surface area contributed by atoms with Gasteiger partial charge in [-0.15, -0.1) is 0 Å². The fourth-order valence-corrected chi connectivity index (χ4v) is 3.16. The summed E-state index contributed by atoms with van der Waals surface area (Å²) >= 11 is 0. The number of anilines is 1. The summed E-state index contributed by atoms with van der Waals surface area (Å²) in [7, 11) is 1.80. The smallest absolute Gasteiger partial charge is 0.191 e. The molecule has 1 saturated heterocycles. The Morgan fingerprint density at radius 1 is 1.27 bits per heavy atom. The molecule has 0 bridgehead atoms. The van der Waals surface area contributed by atoms with Crippen LogP contribution in [0.2, 0.25) is 0 Å². The van der Waals surface area contributed by atoms with E-state index in [1.165, 1.54) is 5.69 Å². The second-order valence-electron chi connectivity index (χ2n) is 7.04. The lowest BCUT2D eigenvalue weighted by atomic mass is 10.0. The SMILES string of the molecule is CN=C(NCc1cc(C(C)C)no1)NC1CCN(c2ccccc2)CC1. The van der Waals surface area contributed by atoms with Gasteiger partial charge in [-0.3, -0.25) is 4.99 Å². The molecule has 2 aromatic rings. The first-order chi connectivity index (χ1) is 12.7. The molecule has 1 aliphatic rings. The van der Waals surface area contributed by atoms with Crippen molar-refractivity contribution in [2.24, 2.45) is 4.99 Å². The van der Waals surface area contributed by atoms with Crippen LogP contribution in [0.1, 0.15) is 44.1 Å². The second-order valence-corrected chi connectivity index (χ2v) is 7.04. The van der Waals surface area contributed by atoms with Crippen molar-refractivity contribution in [3.05, 3.63) is 47.9 Å². The van der Waals surface area contributed by atoms with Gasteiger partial charge in [0.25, 0.3) is 0 Å². The molecule has 0 atom stereocenters. The minimum absolute atomic E-state index is 0.375. The summed E-state index contributed by atoms with van der Waals surface area (Å²) < 4.78 is 5.37. The predicted molar refractivity (Wildman–Crippen MR) is 106 cm³/mol. The summed E-state index contributed by atoms with van der Waals surface area (Å²) in [6.07, 6.45) is 2.19. The van der Waals surface area contributed by atoms with Gasteiger partial charge >= 0.3 is 0 Å². The molecule has 6 nitrogen and oxygen atoms in total. The maximum absolute atomic E-state index is 5.37. The predicted octanol–water partition coefficient (Wildman–Crippen LogP) is 3.13. The molecule has 1 fully saturated rings. The molecule has 140 valence electrons. The fraction of sp³-hybridized carbons (Fsp3) is 0.500.